The third kappa shape index (κ3) is 5.45. The molecule has 0 bridgehead atoms. The number of ether oxygens (including phenoxy) is 2. The number of carboxylic acids is 1. The minimum Gasteiger partial charge on any atom is -0.492 e. The summed E-state index contributed by atoms with van der Waals surface area (Å²) in [7, 11) is 0. The van der Waals surface area contributed by atoms with Gasteiger partial charge in [0.1, 0.15) is 16.5 Å². The van der Waals surface area contributed by atoms with E-state index in [9.17, 15) is 14.7 Å². The smallest absolute Gasteiger partial charge is 0.311 e. The first-order valence-corrected chi connectivity index (χ1v) is 12.7. The number of ketones is 1. The minimum atomic E-state index is -0.974. The summed E-state index contributed by atoms with van der Waals surface area (Å²) in [6.45, 7) is 0.217. The summed E-state index contributed by atoms with van der Waals surface area (Å²) >= 11 is 18.8. The first-order chi connectivity index (χ1) is 18.3. The quantitative estimate of drug-likeness (QED) is 0.234. The molecule has 0 radical (unpaired) electrons. The highest BCUT2D eigenvalue weighted by Gasteiger charge is 2.32. The van der Waals surface area contributed by atoms with Crippen LogP contribution in [0.4, 0.5) is 0 Å². The van der Waals surface area contributed by atoms with E-state index in [0.717, 1.165) is 5.56 Å². The molecule has 0 saturated carbocycles. The number of fused-ring (bicyclic) bond motifs is 1. The van der Waals surface area contributed by atoms with Crippen LogP contribution in [-0.4, -0.2) is 33.4 Å². The topological polar surface area (TPSA) is 98.6 Å². The molecule has 1 aromatic heterocycles. The van der Waals surface area contributed by atoms with Crippen molar-refractivity contribution in [1.82, 2.24) is 9.97 Å². The lowest BCUT2D eigenvalue weighted by Gasteiger charge is -2.25. The summed E-state index contributed by atoms with van der Waals surface area (Å²) in [6.07, 6.45) is 3.58. The van der Waals surface area contributed by atoms with Crippen LogP contribution in [0.25, 0.3) is 11.3 Å². The molecule has 1 unspecified atom stereocenters. The molecule has 1 aliphatic heterocycles. The molecule has 0 spiro atoms. The predicted octanol–water partition coefficient (Wildman–Crippen LogP) is 7.27. The lowest BCUT2D eigenvalue weighted by atomic mass is 9.93. The second kappa shape index (κ2) is 11.0. The number of carbonyl (C=O) groups is 2. The Morgan fingerprint density at radius 2 is 1.76 bits per heavy atom. The zero-order valence-electron chi connectivity index (χ0n) is 19.7. The number of carboxylic acid groups (broad SMARTS) is 1. The van der Waals surface area contributed by atoms with E-state index in [0.29, 0.717) is 39.7 Å². The third-order valence-corrected chi connectivity index (χ3v) is 6.92. The van der Waals surface area contributed by atoms with Gasteiger partial charge in [0, 0.05) is 27.9 Å². The number of hydrogen-bond donors (Lipinski definition) is 1. The lowest BCUT2D eigenvalue weighted by molar-refractivity contribution is -0.139. The highest BCUT2D eigenvalue weighted by Crippen LogP contribution is 2.48. The van der Waals surface area contributed by atoms with Crippen molar-refractivity contribution in [3.8, 4) is 28.5 Å². The van der Waals surface area contributed by atoms with Crippen LogP contribution in [-0.2, 0) is 11.2 Å². The van der Waals surface area contributed by atoms with Crippen molar-refractivity contribution in [3.05, 3.63) is 98.9 Å². The Balaban J connectivity index is 1.31. The molecule has 1 atom stereocenters. The molecular weight excluding hydrogens is 551 g/mol. The van der Waals surface area contributed by atoms with E-state index in [-0.39, 0.29) is 40.4 Å². The molecule has 38 heavy (non-hydrogen) atoms. The van der Waals surface area contributed by atoms with Gasteiger partial charge in [0.2, 0.25) is 0 Å². The third-order valence-electron chi connectivity index (χ3n) is 6.05. The van der Waals surface area contributed by atoms with Crippen molar-refractivity contribution in [2.24, 2.45) is 0 Å². The van der Waals surface area contributed by atoms with Crippen LogP contribution in [0.1, 0.15) is 34.0 Å². The van der Waals surface area contributed by atoms with Crippen LogP contribution < -0.4 is 9.47 Å². The van der Waals surface area contributed by atoms with E-state index >= 15 is 0 Å². The van der Waals surface area contributed by atoms with Crippen LogP contribution in [0.15, 0.2) is 67.0 Å². The highest BCUT2D eigenvalue weighted by atomic mass is 35.5. The maximum Gasteiger partial charge on any atom is 0.311 e. The number of halogens is 3. The standard InChI is InChI=1S/C28H19Cl3N2O5/c29-17-5-1-15(2-6-17)23-14-32-13-18(33-23)11-24(34)16-3-7-19(8-4-16)38-27-22(30)12-21-20(28(35)36)9-10-37-26(21)25(27)31/h1-8,12-14,20H,9-11H2,(H,35,36). The summed E-state index contributed by atoms with van der Waals surface area (Å²) in [5.41, 5.74) is 2.91. The monoisotopic (exact) mass is 568 g/mol. The van der Waals surface area contributed by atoms with Crippen molar-refractivity contribution in [3.63, 3.8) is 0 Å². The largest absolute Gasteiger partial charge is 0.492 e. The van der Waals surface area contributed by atoms with Crippen LogP contribution in [0.3, 0.4) is 0 Å². The summed E-state index contributed by atoms with van der Waals surface area (Å²) in [6, 6.07) is 15.2. The van der Waals surface area contributed by atoms with Gasteiger partial charge < -0.3 is 14.6 Å². The van der Waals surface area contributed by atoms with Crippen molar-refractivity contribution < 1.29 is 24.2 Å². The number of aliphatic carboxylic acids is 1. The maximum atomic E-state index is 12.9. The van der Waals surface area contributed by atoms with Crippen molar-refractivity contribution in [1.29, 1.82) is 0 Å². The number of carbonyl (C=O) groups excluding carboxylic acids is 1. The first-order valence-electron chi connectivity index (χ1n) is 11.6. The van der Waals surface area contributed by atoms with Crippen molar-refractivity contribution >= 4 is 46.6 Å². The second-order valence-corrected chi connectivity index (χ2v) is 9.80. The van der Waals surface area contributed by atoms with Crippen LogP contribution in [0, 0.1) is 0 Å². The highest BCUT2D eigenvalue weighted by molar-refractivity contribution is 6.38. The van der Waals surface area contributed by atoms with Gasteiger partial charge in [-0.3, -0.25) is 14.6 Å². The van der Waals surface area contributed by atoms with E-state index in [1.54, 1.807) is 48.8 Å². The maximum absolute atomic E-state index is 12.9. The Morgan fingerprint density at radius 1 is 1.03 bits per heavy atom. The molecule has 10 heteroatoms. The Hall–Kier alpha value is -3.65. The van der Waals surface area contributed by atoms with Crippen molar-refractivity contribution in [2.45, 2.75) is 18.8 Å². The zero-order valence-corrected chi connectivity index (χ0v) is 21.9. The van der Waals surface area contributed by atoms with Gasteiger partial charge in [-0.1, -0.05) is 46.9 Å². The zero-order chi connectivity index (χ0) is 26.8. The number of benzene rings is 3. The predicted molar refractivity (Wildman–Crippen MR) is 144 cm³/mol. The molecule has 192 valence electrons. The van der Waals surface area contributed by atoms with Crippen LogP contribution in [0.5, 0.6) is 17.2 Å². The van der Waals surface area contributed by atoms with Gasteiger partial charge in [-0.15, -0.1) is 0 Å². The average molecular weight is 570 g/mol. The van der Waals surface area contributed by atoms with Gasteiger partial charge in [-0.2, -0.15) is 0 Å². The van der Waals surface area contributed by atoms with E-state index < -0.39 is 11.9 Å². The molecule has 5 rings (SSSR count). The first kappa shape index (κ1) is 26.0. The summed E-state index contributed by atoms with van der Waals surface area (Å²) in [5, 5.41) is 10.4. The van der Waals surface area contributed by atoms with Gasteiger partial charge in [0.25, 0.3) is 0 Å². The number of nitrogens with zero attached hydrogens (tertiary/aromatic N) is 2. The molecule has 0 fully saturated rings. The molecule has 0 amide bonds. The van der Waals surface area contributed by atoms with Gasteiger partial charge in [0.05, 0.1) is 41.6 Å². The molecule has 2 heterocycles. The molecule has 0 saturated heterocycles. The summed E-state index contributed by atoms with van der Waals surface area (Å²) in [5.74, 6) is -1.09. The average Bonchev–Trinajstić information content (AvgIpc) is 2.91. The number of Topliss-reactive ketones (excluding diaryl/α,β-unsaturated/α-hetero) is 1. The van der Waals surface area contributed by atoms with Gasteiger partial charge in [-0.25, -0.2) is 4.98 Å². The van der Waals surface area contributed by atoms with E-state index in [1.807, 2.05) is 12.1 Å². The van der Waals surface area contributed by atoms with Crippen LogP contribution >= 0.6 is 34.8 Å². The van der Waals surface area contributed by atoms with Crippen LogP contribution in [0.2, 0.25) is 15.1 Å². The Bertz CT molecular complexity index is 1530. The van der Waals surface area contributed by atoms with Gasteiger partial charge >= 0.3 is 5.97 Å². The van der Waals surface area contributed by atoms with E-state index in [4.69, 9.17) is 44.3 Å². The Labute approximate surface area is 232 Å². The van der Waals surface area contributed by atoms with E-state index in [2.05, 4.69) is 9.97 Å². The Morgan fingerprint density at radius 3 is 2.47 bits per heavy atom. The molecular formula is C28H19Cl3N2O5. The summed E-state index contributed by atoms with van der Waals surface area (Å²) < 4.78 is 11.5. The molecule has 1 aliphatic rings. The van der Waals surface area contributed by atoms with Gasteiger partial charge in [0.15, 0.2) is 11.5 Å². The Kier molecular flexibility index (Phi) is 7.51. The molecule has 4 aromatic rings. The number of rotatable bonds is 7. The van der Waals surface area contributed by atoms with E-state index in [1.165, 1.54) is 6.07 Å². The minimum absolute atomic E-state index is 0.0686. The summed E-state index contributed by atoms with van der Waals surface area (Å²) in [4.78, 5) is 33.3. The molecule has 7 nitrogen and oxygen atoms in total. The molecule has 0 aliphatic carbocycles. The number of hydrogen-bond acceptors (Lipinski definition) is 6. The second-order valence-electron chi connectivity index (χ2n) is 8.58. The fourth-order valence-corrected chi connectivity index (χ4v) is 4.87. The van der Waals surface area contributed by atoms with Crippen molar-refractivity contribution in [2.75, 3.05) is 6.61 Å². The normalized spacial score (nSPS) is 14.3. The molecule has 1 N–H and O–H groups in total. The molecule has 3 aromatic carbocycles. The van der Waals surface area contributed by atoms with Gasteiger partial charge in [-0.05, 0) is 48.9 Å². The fourth-order valence-electron chi connectivity index (χ4n) is 4.14. The SMILES string of the molecule is O=C(Cc1cncc(-c2ccc(Cl)cc2)n1)c1ccc(Oc2c(Cl)cc3c(c2Cl)OCCC3C(=O)O)cc1. The lowest BCUT2D eigenvalue weighted by Crippen LogP contribution is -2.21. The number of aromatic nitrogens is 2. The fraction of sp³-hybridized carbons (Fsp3) is 0.143.